The summed E-state index contributed by atoms with van der Waals surface area (Å²) >= 11 is 0. The van der Waals surface area contributed by atoms with Crippen LogP contribution in [0.4, 0.5) is 0 Å². The van der Waals surface area contributed by atoms with Gasteiger partial charge in [-0.3, -0.25) is 4.79 Å². The molecule has 0 aromatic carbocycles. The van der Waals surface area contributed by atoms with Crippen LogP contribution in [0.5, 0.6) is 0 Å². The molecule has 1 unspecified atom stereocenters. The molecule has 1 amide bonds. The Morgan fingerprint density at radius 2 is 2.26 bits per heavy atom. The molecule has 1 N–H and O–H groups in total. The molecule has 0 radical (unpaired) electrons. The molecule has 6 nitrogen and oxygen atoms in total. The maximum atomic E-state index is 12.2. The zero-order chi connectivity index (χ0) is 14.0. The molecule has 1 aromatic rings. The number of hydrogen-bond donors (Lipinski definition) is 1. The van der Waals surface area contributed by atoms with Gasteiger partial charge in [0.25, 0.3) is 0 Å². The van der Waals surface area contributed by atoms with Crippen molar-refractivity contribution in [2.45, 2.75) is 58.2 Å². The van der Waals surface area contributed by atoms with E-state index in [4.69, 9.17) is 0 Å². The second-order valence-electron chi connectivity index (χ2n) is 5.79. The molecule has 2 heterocycles. The van der Waals surface area contributed by atoms with Crippen LogP contribution in [0.25, 0.3) is 0 Å². The van der Waals surface area contributed by atoms with Crippen LogP contribution in [0.1, 0.15) is 45.7 Å². The summed E-state index contributed by atoms with van der Waals surface area (Å²) in [6.45, 7) is 6.40. The van der Waals surface area contributed by atoms with Crippen LogP contribution in [-0.4, -0.2) is 43.5 Å². The topological polar surface area (TPSA) is 71.2 Å². The van der Waals surface area contributed by atoms with Gasteiger partial charge in [0.2, 0.25) is 5.91 Å². The van der Waals surface area contributed by atoms with Crippen LogP contribution in [0, 0.1) is 0 Å². The quantitative estimate of drug-likeness (QED) is 0.882. The fourth-order valence-electron chi connectivity index (χ4n) is 2.35. The molecular weight excluding hydrogens is 244 g/mol. The van der Waals surface area contributed by atoms with E-state index in [0.29, 0.717) is 11.7 Å². The summed E-state index contributed by atoms with van der Waals surface area (Å²) in [5, 5.41) is 17.6. The van der Waals surface area contributed by atoms with Crippen LogP contribution < -0.4 is 0 Å². The third-order valence-electron chi connectivity index (χ3n) is 3.59. The summed E-state index contributed by atoms with van der Waals surface area (Å²) in [6, 6.07) is 0.304. The van der Waals surface area contributed by atoms with Crippen LogP contribution >= 0.6 is 0 Å². The Hall–Kier alpha value is -1.43. The van der Waals surface area contributed by atoms with E-state index in [1.807, 2.05) is 4.90 Å². The second kappa shape index (κ2) is 5.28. The summed E-state index contributed by atoms with van der Waals surface area (Å²) < 4.78 is 1.50. The van der Waals surface area contributed by atoms with Gasteiger partial charge >= 0.3 is 0 Å². The average molecular weight is 266 g/mol. The van der Waals surface area contributed by atoms with Crippen LogP contribution in [-0.2, 0) is 16.9 Å². The minimum atomic E-state index is -1.03. The third kappa shape index (κ3) is 3.32. The molecule has 0 aliphatic carbocycles. The van der Waals surface area contributed by atoms with Crippen LogP contribution in [0.2, 0.25) is 0 Å². The van der Waals surface area contributed by atoms with Gasteiger partial charge in [-0.1, -0.05) is 5.21 Å². The fourth-order valence-corrected chi connectivity index (χ4v) is 2.35. The molecule has 106 valence electrons. The van der Waals surface area contributed by atoms with Gasteiger partial charge in [-0.15, -0.1) is 5.10 Å². The molecule has 1 aliphatic rings. The van der Waals surface area contributed by atoms with Crippen molar-refractivity contribution in [2.24, 2.45) is 0 Å². The van der Waals surface area contributed by atoms with Gasteiger partial charge < -0.3 is 10.0 Å². The van der Waals surface area contributed by atoms with Crippen molar-refractivity contribution in [2.75, 3.05) is 6.54 Å². The number of amides is 1. The minimum Gasteiger partial charge on any atom is -0.384 e. The van der Waals surface area contributed by atoms with Gasteiger partial charge in [0, 0.05) is 12.6 Å². The number of rotatable bonds is 3. The number of aliphatic hydroxyl groups is 1. The lowest BCUT2D eigenvalue weighted by Gasteiger charge is -2.33. The van der Waals surface area contributed by atoms with E-state index in [1.165, 1.54) is 11.1 Å². The number of nitrogens with zero attached hydrogens (tertiary/aromatic N) is 4. The van der Waals surface area contributed by atoms with Crippen molar-refractivity contribution in [1.82, 2.24) is 19.9 Å². The highest BCUT2D eigenvalue weighted by atomic mass is 16.3. The summed E-state index contributed by atoms with van der Waals surface area (Å²) in [5.41, 5.74) is -0.549. The normalized spacial score (nSPS) is 20.6. The Morgan fingerprint density at radius 3 is 2.84 bits per heavy atom. The summed E-state index contributed by atoms with van der Waals surface area (Å²) in [5.74, 6) is 0.0689. The van der Waals surface area contributed by atoms with Crippen molar-refractivity contribution in [3.05, 3.63) is 11.9 Å². The van der Waals surface area contributed by atoms with Crippen LogP contribution in [0.15, 0.2) is 6.20 Å². The molecule has 0 saturated carbocycles. The van der Waals surface area contributed by atoms with Crippen molar-refractivity contribution < 1.29 is 9.90 Å². The lowest BCUT2D eigenvalue weighted by molar-refractivity contribution is -0.135. The number of carbonyl (C=O) groups excluding carboxylic acids is 1. The van der Waals surface area contributed by atoms with E-state index in [9.17, 15) is 9.90 Å². The lowest BCUT2D eigenvalue weighted by Crippen LogP contribution is -2.43. The molecule has 0 spiro atoms. The lowest BCUT2D eigenvalue weighted by atomic mass is 10.0. The van der Waals surface area contributed by atoms with Crippen molar-refractivity contribution >= 4 is 5.91 Å². The zero-order valence-corrected chi connectivity index (χ0v) is 11.8. The van der Waals surface area contributed by atoms with Crippen molar-refractivity contribution in [3.63, 3.8) is 0 Å². The highest BCUT2D eigenvalue weighted by Crippen LogP contribution is 2.18. The Labute approximate surface area is 113 Å². The Morgan fingerprint density at radius 1 is 1.53 bits per heavy atom. The monoisotopic (exact) mass is 266 g/mol. The van der Waals surface area contributed by atoms with Gasteiger partial charge in [0.15, 0.2) is 0 Å². The van der Waals surface area contributed by atoms with E-state index in [2.05, 4.69) is 17.2 Å². The van der Waals surface area contributed by atoms with Crippen molar-refractivity contribution in [1.29, 1.82) is 0 Å². The molecule has 6 heteroatoms. The summed E-state index contributed by atoms with van der Waals surface area (Å²) in [6.07, 6.45) is 4.96. The molecule has 1 aromatic heterocycles. The predicted octanol–water partition coefficient (Wildman–Crippen LogP) is 0.907. The number of hydrogen-bond acceptors (Lipinski definition) is 4. The smallest absolute Gasteiger partial charge is 0.244 e. The van der Waals surface area contributed by atoms with Gasteiger partial charge in [-0.25, -0.2) is 4.68 Å². The average Bonchev–Trinajstić information content (AvgIpc) is 2.77. The Balaban J connectivity index is 2.00. The first-order valence-corrected chi connectivity index (χ1v) is 6.80. The molecule has 1 atom stereocenters. The van der Waals surface area contributed by atoms with Gasteiger partial charge in [-0.2, -0.15) is 0 Å². The maximum Gasteiger partial charge on any atom is 0.244 e. The zero-order valence-electron chi connectivity index (χ0n) is 11.8. The molecule has 2 rings (SSSR count). The van der Waals surface area contributed by atoms with Gasteiger partial charge in [0.05, 0.1) is 6.20 Å². The largest absolute Gasteiger partial charge is 0.384 e. The first kappa shape index (κ1) is 14.0. The maximum absolute atomic E-state index is 12.2. The highest BCUT2D eigenvalue weighted by molar-refractivity contribution is 5.76. The second-order valence-corrected chi connectivity index (χ2v) is 5.79. The standard InChI is InChI=1S/C13H22N4O2/c1-10-6-4-5-7-17(10)12(18)9-16-8-11(14-15-16)13(2,3)19/h8,10,19H,4-7,9H2,1-3H3. The molecular formula is C13H22N4O2. The highest BCUT2D eigenvalue weighted by Gasteiger charge is 2.25. The van der Waals surface area contributed by atoms with E-state index >= 15 is 0 Å². The van der Waals surface area contributed by atoms with E-state index < -0.39 is 5.60 Å². The Kier molecular flexibility index (Phi) is 3.89. The van der Waals surface area contributed by atoms with E-state index in [1.54, 1.807) is 20.0 Å². The minimum absolute atomic E-state index is 0.0689. The number of likely N-dealkylation sites (tertiary alicyclic amines) is 1. The van der Waals surface area contributed by atoms with E-state index in [0.717, 1.165) is 19.4 Å². The first-order valence-electron chi connectivity index (χ1n) is 6.80. The number of piperidine rings is 1. The molecule has 19 heavy (non-hydrogen) atoms. The van der Waals surface area contributed by atoms with Gasteiger partial charge in [-0.05, 0) is 40.0 Å². The SMILES string of the molecule is CC1CCCCN1C(=O)Cn1cc(C(C)(C)O)nn1. The van der Waals surface area contributed by atoms with Gasteiger partial charge in [0.1, 0.15) is 17.8 Å². The van der Waals surface area contributed by atoms with Crippen molar-refractivity contribution in [3.8, 4) is 0 Å². The first-order chi connectivity index (χ1) is 8.88. The molecule has 1 saturated heterocycles. The summed E-state index contributed by atoms with van der Waals surface area (Å²) in [7, 11) is 0. The Bertz CT molecular complexity index is 450. The summed E-state index contributed by atoms with van der Waals surface area (Å²) in [4.78, 5) is 14.1. The third-order valence-corrected chi connectivity index (χ3v) is 3.59. The molecule has 0 bridgehead atoms. The fraction of sp³-hybridized carbons (Fsp3) is 0.769. The molecule has 1 fully saturated rings. The molecule has 1 aliphatic heterocycles. The van der Waals surface area contributed by atoms with Crippen LogP contribution in [0.3, 0.4) is 0 Å². The van der Waals surface area contributed by atoms with E-state index in [-0.39, 0.29) is 12.5 Å². The number of carbonyl (C=O) groups is 1. The predicted molar refractivity (Wildman–Crippen MR) is 70.3 cm³/mol. The number of aromatic nitrogens is 3.